The van der Waals surface area contributed by atoms with Crippen molar-refractivity contribution in [2.24, 2.45) is 0 Å². The molecular formula is C16H20N2O3S. The lowest BCUT2D eigenvalue weighted by molar-refractivity contribution is 0.407. The second-order valence-electron chi connectivity index (χ2n) is 5.24. The first kappa shape index (κ1) is 16.5. The van der Waals surface area contributed by atoms with E-state index >= 15 is 0 Å². The van der Waals surface area contributed by atoms with Gasteiger partial charge in [-0.2, -0.15) is 0 Å². The molecule has 1 aromatic carbocycles. The quantitative estimate of drug-likeness (QED) is 0.888. The lowest BCUT2D eigenvalue weighted by Gasteiger charge is -2.14. The van der Waals surface area contributed by atoms with Crippen molar-refractivity contribution in [3.63, 3.8) is 0 Å². The predicted octanol–water partition coefficient (Wildman–Crippen LogP) is 2.69. The van der Waals surface area contributed by atoms with Gasteiger partial charge in [-0.1, -0.05) is 19.9 Å². The molecule has 1 N–H and O–H groups in total. The second-order valence-corrected chi connectivity index (χ2v) is 7.01. The van der Waals surface area contributed by atoms with E-state index in [2.05, 4.69) is 9.71 Å². The van der Waals surface area contributed by atoms with Crippen molar-refractivity contribution in [1.82, 2.24) is 9.71 Å². The van der Waals surface area contributed by atoms with Crippen LogP contribution in [0.5, 0.6) is 5.75 Å². The number of nitrogens with zero attached hydrogens (tertiary/aromatic N) is 1. The number of sulfonamides is 1. The number of benzene rings is 1. The van der Waals surface area contributed by atoms with E-state index in [4.69, 9.17) is 4.74 Å². The summed E-state index contributed by atoms with van der Waals surface area (Å²) in [7, 11) is -1.99. The third-order valence-electron chi connectivity index (χ3n) is 3.32. The van der Waals surface area contributed by atoms with Gasteiger partial charge in [0.05, 0.1) is 12.0 Å². The summed E-state index contributed by atoms with van der Waals surface area (Å²) in [5.74, 6) is 0.865. The van der Waals surface area contributed by atoms with Gasteiger partial charge in [0, 0.05) is 18.9 Å². The van der Waals surface area contributed by atoms with Crippen molar-refractivity contribution in [2.45, 2.75) is 31.2 Å². The van der Waals surface area contributed by atoms with Crippen LogP contribution in [0.1, 0.15) is 30.9 Å². The average Bonchev–Trinajstić information content (AvgIpc) is 2.53. The van der Waals surface area contributed by atoms with Gasteiger partial charge in [0.25, 0.3) is 0 Å². The summed E-state index contributed by atoms with van der Waals surface area (Å²) in [5, 5.41) is 0. The van der Waals surface area contributed by atoms with E-state index in [9.17, 15) is 8.42 Å². The van der Waals surface area contributed by atoms with Gasteiger partial charge in [0.1, 0.15) is 5.75 Å². The molecule has 0 fully saturated rings. The number of pyridine rings is 1. The van der Waals surface area contributed by atoms with E-state index in [0.29, 0.717) is 5.75 Å². The molecular weight excluding hydrogens is 300 g/mol. The fourth-order valence-corrected chi connectivity index (χ4v) is 3.15. The van der Waals surface area contributed by atoms with Gasteiger partial charge in [-0.05, 0) is 41.3 Å². The van der Waals surface area contributed by atoms with Crippen molar-refractivity contribution in [1.29, 1.82) is 0 Å². The fraction of sp³-hybridized carbons (Fsp3) is 0.312. The van der Waals surface area contributed by atoms with Crippen LogP contribution >= 0.6 is 0 Å². The van der Waals surface area contributed by atoms with Crippen LogP contribution in [0.15, 0.2) is 47.6 Å². The van der Waals surface area contributed by atoms with Crippen molar-refractivity contribution in [3.05, 3.63) is 53.9 Å². The number of ether oxygens (including phenoxy) is 1. The minimum Gasteiger partial charge on any atom is -0.496 e. The zero-order valence-electron chi connectivity index (χ0n) is 12.9. The molecule has 0 atom stereocenters. The Morgan fingerprint density at radius 3 is 2.64 bits per heavy atom. The molecule has 1 heterocycles. The largest absolute Gasteiger partial charge is 0.496 e. The second kappa shape index (κ2) is 6.89. The van der Waals surface area contributed by atoms with Crippen LogP contribution < -0.4 is 9.46 Å². The zero-order chi connectivity index (χ0) is 16.2. The summed E-state index contributed by atoms with van der Waals surface area (Å²) in [4.78, 5) is 4.20. The lowest BCUT2D eigenvalue weighted by Crippen LogP contribution is -2.23. The molecule has 2 rings (SSSR count). The summed E-state index contributed by atoms with van der Waals surface area (Å²) in [5.41, 5.74) is 1.68. The topological polar surface area (TPSA) is 68.3 Å². The number of methoxy groups -OCH3 is 1. The molecule has 5 nitrogen and oxygen atoms in total. The molecule has 0 aliphatic rings. The Balaban J connectivity index is 2.24. The highest BCUT2D eigenvalue weighted by molar-refractivity contribution is 7.89. The fourth-order valence-electron chi connectivity index (χ4n) is 2.10. The number of aromatic nitrogens is 1. The Bertz CT molecular complexity index is 728. The first-order valence-corrected chi connectivity index (χ1v) is 8.49. The van der Waals surface area contributed by atoms with E-state index < -0.39 is 10.0 Å². The Kier molecular flexibility index (Phi) is 5.15. The molecule has 0 bridgehead atoms. The molecule has 0 radical (unpaired) electrons. The molecule has 22 heavy (non-hydrogen) atoms. The van der Waals surface area contributed by atoms with Crippen molar-refractivity contribution < 1.29 is 13.2 Å². The molecule has 0 spiro atoms. The summed E-state index contributed by atoms with van der Waals surface area (Å²) in [6.45, 7) is 4.20. The Morgan fingerprint density at radius 1 is 1.27 bits per heavy atom. The molecule has 6 heteroatoms. The van der Waals surface area contributed by atoms with Gasteiger partial charge in [-0.15, -0.1) is 0 Å². The van der Waals surface area contributed by atoms with Crippen LogP contribution in [0.25, 0.3) is 0 Å². The first-order chi connectivity index (χ1) is 10.4. The van der Waals surface area contributed by atoms with Gasteiger partial charge < -0.3 is 4.74 Å². The Hall–Kier alpha value is -1.92. The third-order valence-corrected chi connectivity index (χ3v) is 4.72. The van der Waals surface area contributed by atoms with Gasteiger partial charge in [-0.3, -0.25) is 4.98 Å². The molecule has 1 aromatic heterocycles. The summed E-state index contributed by atoms with van der Waals surface area (Å²) in [6, 6.07) is 8.50. The first-order valence-electron chi connectivity index (χ1n) is 7.00. The van der Waals surface area contributed by atoms with Crippen LogP contribution in [0.4, 0.5) is 0 Å². The van der Waals surface area contributed by atoms with E-state index in [-0.39, 0.29) is 17.4 Å². The maximum atomic E-state index is 12.4. The monoisotopic (exact) mass is 320 g/mol. The van der Waals surface area contributed by atoms with Crippen LogP contribution in [-0.2, 0) is 16.6 Å². The van der Waals surface area contributed by atoms with Crippen molar-refractivity contribution in [3.8, 4) is 5.75 Å². The van der Waals surface area contributed by atoms with Crippen LogP contribution in [-0.4, -0.2) is 20.5 Å². The molecule has 118 valence electrons. The maximum Gasteiger partial charge on any atom is 0.240 e. The van der Waals surface area contributed by atoms with Crippen LogP contribution in [0.3, 0.4) is 0 Å². The molecule has 0 aliphatic heterocycles. The number of hydrogen-bond donors (Lipinski definition) is 1. The standard InChI is InChI=1S/C16H20N2O3S/c1-12(2)15-9-14(6-7-16(15)21-3)22(19,20)18-11-13-5-4-8-17-10-13/h4-10,12,18H,11H2,1-3H3. The van der Waals surface area contributed by atoms with Gasteiger partial charge in [0.15, 0.2) is 0 Å². The SMILES string of the molecule is COc1ccc(S(=O)(=O)NCc2cccnc2)cc1C(C)C. The Labute approximate surface area is 131 Å². The van der Waals surface area contributed by atoms with E-state index in [1.807, 2.05) is 19.9 Å². The molecule has 2 aromatic rings. The van der Waals surface area contributed by atoms with Gasteiger partial charge in [0.2, 0.25) is 10.0 Å². The normalized spacial score (nSPS) is 11.6. The van der Waals surface area contributed by atoms with E-state index in [1.54, 1.807) is 43.8 Å². The molecule has 0 saturated heterocycles. The van der Waals surface area contributed by atoms with Crippen molar-refractivity contribution in [2.75, 3.05) is 7.11 Å². The lowest BCUT2D eigenvalue weighted by atomic mass is 10.0. The summed E-state index contributed by atoms with van der Waals surface area (Å²) in [6.07, 6.45) is 3.28. The highest BCUT2D eigenvalue weighted by Crippen LogP contribution is 2.28. The molecule has 0 saturated carbocycles. The average molecular weight is 320 g/mol. The van der Waals surface area contributed by atoms with E-state index in [0.717, 1.165) is 11.1 Å². The van der Waals surface area contributed by atoms with Crippen molar-refractivity contribution >= 4 is 10.0 Å². The van der Waals surface area contributed by atoms with E-state index in [1.165, 1.54) is 0 Å². The number of nitrogens with one attached hydrogen (secondary N) is 1. The molecule has 0 aliphatic carbocycles. The summed E-state index contributed by atoms with van der Waals surface area (Å²) >= 11 is 0. The predicted molar refractivity (Wildman–Crippen MR) is 85.3 cm³/mol. The Morgan fingerprint density at radius 2 is 2.05 bits per heavy atom. The number of hydrogen-bond acceptors (Lipinski definition) is 4. The molecule has 0 amide bonds. The van der Waals surface area contributed by atoms with Gasteiger partial charge in [-0.25, -0.2) is 13.1 Å². The highest BCUT2D eigenvalue weighted by atomic mass is 32.2. The smallest absolute Gasteiger partial charge is 0.240 e. The third kappa shape index (κ3) is 3.84. The number of rotatable bonds is 6. The minimum absolute atomic E-state index is 0.170. The molecule has 0 unspecified atom stereocenters. The van der Waals surface area contributed by atoms with Crippen LogP contribution in [0.2, 0.25) is 0 Å². The van der Waals surface area contributed by atoms with Crippen LogP contribution in [0, 0.1) is 0 Å². The van der Waals surface area contributed by atoms with Gasteiger partial charge >= 0.3 is 0 Å². The minimum atomic E-state index is -3.57. The maximum absolute atomic E-state index is 12.4. The zero-order valence-corrected chi connectivity index (χ0v) is 13.7. The summed E-state index contributed by atoms with van der Waals surface area (Å²) < 4.78 is 32.7. The highest BCUT2D eigenvalue weighted by Gasteiger charge is 2.17.